The van der Waals surface area contributed by atoms with Crippen LogP contribution in [0.25, 0.3) is 0 Å². The molecule has 1 heterocycles. The third-order valence-corrected chi connectivity index (χ3v) is 2.64. The zero-order valence-corrected chi connectivity index (χ0v) is 7.54. The summed E-state index contributed by atoms with van der Waals surface area (Å²) in [6.45, 7) is 0.830. The lowest BCUT2D eigenvalue weighted by atomic mass is 9.97. The zero-order chi connectivity index (χ0) is 9.42. The van der Waals surface area contributed by atoms with E-state index in [0.717, 1.165) is 25.1 Å². The number of hydrogen-bond donors (Lipinski definition) is 1. The molecule has 1 aliphatic heterocycles. The van der Waals surface area contributed by atoms with Crippen LogP contribution >= 0.6 is 11.6 Å². The van der Waals surface area contributed by atoms with E-state index in [1.807, 2.05) is 0 Å². The molecule has 0 saturated carbocycles. The molecule has 0 unspecified atom stereocenters. The van der Waals surface area contributed by atoms with E-state index in [0.29, 0.717) is 0 Å². The van der Waals surface area contributed by atoms with E-state index in [2.05, 4.69) is 5.32 Å². The van der Waals surface area contributed by atoms with Gasteiger partial charge in [0.2, 0.25) is 0 Å². The molecular weight excluding hydrogens is 196 g/mol. The smallest absolute Gasteiger partial charge is 0.142 e. The monoisotopic (exact) mass is 203 g/mol. The van der Waals surface area contributed by atoms with Gasteiger partial charge in [-0.25, -0.2) is 8.78 Å². The van der Waals surface area contributed by atoms with Crippen LogP contribution in [0.1, 0.15) is 18.0 Å². The highest BCUT2D eigenvalue weighted by Gasteiger charge is 2.25. The Hall–Kier alpha value is -0.670. The van der Waals surface area contributed by atoms with Crippen molar-refractivity contribution in [2.75, 3.05) is 6.54 Å². The normalized spacial score (nSPS) is 21.3. The van der Waals surface area contributed by atoms with Crippen LogP contribution in [0.3, 0.4) is 0 Å². The van der Waals surface area contributed by atoms with Crippen molar-refractivity contribution < 1.29 is 8.78 Å². The van der Waals surface area contributed by atoms with Gasteiger partial charge in [-0.05, 0) is 25.1 Å². The molecule has 1 fully saturated rings. The molecule has 0 radical (unpaired) electrons. The number of benzene rings is 1. The summed E-state index contributed by atoms with van der Waals surface area (Å²) in [5, 5.41) is 2.88. The number of rotatable bonds is 1. The summed E-state index contributed by atoms with van der Waals surface area (Å²) in [4.78, 5) is 0. The molecule has 2 rings (SSSR count). The van der Waals surface area contributed by atoms with Gasteiger partial charge in [-0.3, -0.25) is 0 Å². The lowest BCUT2D eigenvalue weighted by Gasteiger charge is -2.29. The van der Waals surface area contributed by atoms with Crippen molar-refractivity contribution in [3.63, 3.8) is 0 Å². The van der Waals surface area contributed by atoms with Crippen molar-refractivity contribution >= 4 is 11.6 Å². The van der Waals surface area contributed by atoms with Crippen LogP contribution in [-0.4, -0.2) is 6.54 Å². The minimum atomic E-state index is -0.563. The predicted octanol–water partition coefficient (Wildman–Crippen LogP) is 2.65. The summed E-state index contributed by atoms with van der Waals surface area (Å²) in [6, 6.07) is 2.03. The Morgan fingerprint density at radius 2 is 1.92 bits per heavy atom. The van der Waals surface area contributed by atoms with Gasteiger partial charge in [-0.1, -0.05) is 11.6 Å². The van der Waals surface area contributed by atoms with Crippen LogP contribution in [-0.2, 0) is 0 Å². The minimum absolute atomic E-state index is 0.0998. The van der Waals surface area contributed by atoms with Crippen molar-refractivity contribution in [2.45, 2.75) is 12.5 Å². The first-order valence-corrected chi connectivity index (χ1v) is 4.44. The van der Waals surface area contributed by atoms with Crippen LogP contribution in [0.2, 0.25) is 5.02 Å². The Morgan fingerprint density at radius 1 is 1.31 bits per heavy atom. The lowest BCUT2D eigenvalue weighted by Crippen LogP contribution is -2.35. The van der Waals surface area contributed by atoms with Gasteiger partial charge in [0.05, 0.1) is 5.02 Å². The lowest BCUT2D eigenvalue weighted by molar-refractivity contribution is 0.368. The third kappa shape index (κ3) is 1.42. The fraction of sp³-hybridized carbons (Fsp3) is 0.333. The Morgan fingerprint density at radius 3 is 2.46 bits per heavy atom. The van der Waals surface area contributed by atoms with Crippen LogP contribution in [0.5, 0.6) is 0 Å². The number of halogens is 3. The molecule has 1 aliphatic rings. The molecule has 70 valence electrons. The fourth-order valence-electron chi connectivity index (χ4n) is 1.40. The largest absolute Gasteiger partial charge is 0.310 e. The van der Waals surface area contributed by atoms with E-state index in [1.54, 1.807) is 0 Å². The van der Waals surface area contributed by atoms with Crippen molar-refractivity contribution in [1.29, 1.82) is 0 Å². The van der Waals surface area contributed by atoms with Gasteiger partial charge < -0.3 is 5.32 Å². The van der Waals surface area contributed by atoms with Gasteiger partial charge in [0.15, 0.2) is 0 Å². The van der Waals surface area contributed by atoms with E-state index in [-0.39, 0.29) is 16.6 Å². The standard InChI is InChI=1S/C9H8ClF2N/c10-9-6(12)2-1-5(11)8(9)7-3-4-13-7/h1-2,7,13H,3-4H2/t7-/m1/s1. The quantitative estimate of drug-likeness (QED) is 0.692. The molecule has 0 aromatic heterocycles. The number of hydrogen-bond acceptors (Lipinski definition) is 1. The highest BCUT2D eigenvalue weighted by molar-refractivity contribution is 6.31. The van der Waals surface area contributed by atoms with Crippen LogP contribution in [0.4, 0.5) is 8.78 Å². The molecule has 1 saturated heterocycles. The first-order valence-electron chi connectivity index (χ1n) is 4.07. The fourth-order valence-corrected chi connectivity index (χ4v) is 1.68. The average Bonchev–Trinajstić information content (AvgIpc) is 2.02. The summed E-state index contributed by atoms with van der Waals surface area (Å²) in [7, 11) is 0. The summed E-state index contributed by atoms with van der Waals surface area (Å²) in [5.74, 6) is -1.00. The second kappa shape index (κ2) is 3.24. The van der Waals surface area contributed by atoms with Crippen molar-refractivity contribution in [1.82, 2.24) is 5.32 Å². The van der Waals surface area contributed by atoms with Gasteiger partial charge >= 0.3 is 0 Å². The second-order valence-electron chi connectivity index (χ2n) is 3.05. The SMILES string of the molecule is Fc1ccc(F)c([C@H]2CCN2)c1Cl. The van der Waals surface area contributed by atoms with Crippen molar-refractivity contribution in [3.8, 4) is 0 Å². The van der Waals surface area contributed by atoms with Crippen LogP contribution in [0.15, 0.2) is 12.1 Å². The average molecular weight is 204 g/mol. The van der Waals surface area contributed by atoms with Crippen molar-refractivity contribution in [2.24, 2.45) is 0 Å². The molecule has 13 heavy (non-hydrogen) atoms. The van der Waals surface area contributed by atoms with Gasteiger partial charge in [0, 0.05) is 11.6 Å². The topological polar surface area (TPSA) is 12.0 Å². The maximum atomic E-state index is 13.2. The first-order chi connectivity index (χ1) is 6.20. The van der Waals surface area contributed by atoms with E-state index in [9.17, 15) is 8.78 Å². The van der Waals surface area contributed by atoms with E-state index >= 15 is 0 Å². The molecule has 0 aliphatic carbocycles. The van der Waals surface area contributed by atoms with E-state index in [4.69, 9.17) is 11.6 Å². The Bertz CT molecular complexity index is 337. The molecule has 1 N–H and O–H groups in total. The molecule has 1 aromatic rings. The van der Waals surface area contributed by atoms with Gasteiger partial charge in [-0.15, -0.1) is 0 Å². The zero-order valence-electron chi connectivity index (χ0n) is 6.78. The highest BCUT2D eigenvalue weighted by atomic mass is 35.5. The summed E-state index contributed by atoms with van der Waals surface area (Å²) in [5.41, 5.74) is 0.257. The van der Waals surface area contributed by atoms with Crippen molar-refractivity contribution in [3.05, 3.63) is 34.4 Å². The molecule has 1 aromatic carbocycles. The second-order valence-corrected chi connectivity index (χ2v) is 3.43. The molecular formula is C9H8ClF2N. The Balaban J connectivity index is 2.46. The summed E-state index contributed by atoms with van der Waals surface area (Å²) < 4.78 is 26.2. The van der Waals surface area contributed by atoms with Gasteiger partial charge in [-0.2, -0.15) is 0 Å². The van der Waals surface area contributed by atoms with Gasteiger partial charge in [0.1, 0.15) is 11.6 Å². The molecule has 0 amide bonds. The minimum Gasteiger partial charge on any atom is -0.310 e. The molecule has 0 spiro atoms. The molecule has 1 atom stereocenters. The van der Waals surface area contributed by atoms with E-state index < -0.39 is 11.6 Å². The molecule has 0 bridgehead atoms. The maximum Gasteiger partial charge on any atom is 0.142 e. The first kappa shape index (κ1) is 8.91. The third-order valence-electron chi connectivity index (χ3n) is 2.25. The Kier molecular flexibility index (Phi) is 2.22. The van der Waals surface area contributed by atoms with Gasteiger partial charge in [0.25, 0.3) is 0 Å². The summed E-state index contributed by atoms with van der Waals surface area (Å²) in [6.07, 6.45) is 0.806. The number of nitrogens with one attached hydrogen (secondary N) is 1. The molecule has 1 nitrogen and oxygen atoms in total. The Labute approximate surface area is 79.7 Å². The van der Waals surface area contributed by atoms with E-state index in [1.165, 1.54) is 0 Å². The predicted molar refractivity (Wildman–Crippen MR) is 46.7 cm³/mol. The van der Waals surface area contributed by atoms with Crippen LogP contribution in [0, 0.1) is 11.6 Å². The molecule has 4 heteroatoms. The van der Waals surface area contributed by atoms with Crippen LogP contribution < -0.4 is 5.32 Å². The maximum absolute atomic E-state index is 13.2. The highest BCUT2D eigenvalue weighted by Crippen LogP contribution is 2.32. The summed E-state index contributed by atoms with van der Waals surface area (Å²) >= 11 is 5.65.